The third-order valence-electron chi connectivity index (χ3n) is 4.99. The van der Waals surface area contributed by atoms with E-state index < -0.39 is 73.3 Å². The molecule has 0 saturated heterocycles. The Morgan fingerprint density at radius 2 is 1.62 bits per heavy atom. The molecule has 16 nitrogen and oxygen atoms in total. The van der Waals surface area contributed by atoms with E-state index in [4.69, 9.17) is 15.7 Å². The molecule has 0 saturated carbocycles. The lowest BCUT2D eigenvalue weighted by Gasteiger charge is -2.12. The predicted molar refractivity (Wildman–Crippen MR) is 135 cm³/mol. The van der Waals surface area contributed by atoms with Crippen LogP contribution in [-0.4, -0.2) is 64.2 Å². The number of sulfone groups is 1. The van der Waals surface area contributed by atoms with Crippen LogP contribution in [-0.2, 0) is 44.2 Å². The van der Waals surface area contributed by atoms with Gasteiger partial charge in [0.05, 0.1) is 35.0 Å². The molecule has 0 unspecified atom stereocenters. The highest BCUT2D eigenvalue weighted by Gasteiger charge is 2.25. The summed E-state index contributed by atoms with van der Waals surface area (Å²) in [4.78, 5) is -2.25. The van der Waals surface area contributed by atoms with Crippen molar-refractivity contribution < 1.29 is 58.8 Å². The number of ether oxygens (including phenoxy) is 1. The van der Waals surface area contributed by atoms with E-state index in [1.165, 1.54) is 13.2 Å². The molecule has 3 aromatic rings. The van der Waals surface area contributed by atoms with Crippen molar-refractivity contribution in [3.8, 4) is 5.75 Å². The average molecular weight is 626 g/mol. The van der Waals surface area contributed by atoms with Gasteiger partial charge in [-0.3, -0.25) is 9.11 Å². The van der Waals surface area contributed by atoms with Crippen molar-refractivity contribution in [3.63, 3.8) is 0 Å². The fourth-order valence-corrected chi connectivity index (χ4v) is 6.32. The molecule has 0 spiro atoms. The number of rotatable bonds is 11. The number of anilines is 1. The summed E-state index contributed by atoms with van der Waals surface area (Å²) in [7, 11) is -12.9. The van der Waals surface area contributed by atoms with Gasteiger partial charge in [-0.25, -0.2) is 13.7 Å². The number of methoxy groups -OCH3 is 1. The van der Waals surface area contributed by atoms with Gasteiger partial charge in [-0.2, -0.15) is 16.8 Å². The summed E-state index contributed by atoms with van der Waals surface area (Å²) in [5.41, 5.74) is 4.20. The van der Waals surface area contributed by atoms with Gasteiger partial charge in [-0.05, 0) is 41.8 Å². The van der Waals surface area contributed by atoms with Gasteiger partial charge < -0.3 is 15.6 Å². The molecule has 39 heavy (non-hydrogen) atoms. The van der Waals surface area contributed by atoms with Crippen molar-refractivity contribution in [1.82, 2.24) is 0 Å². The number of nitrogens with zero attached hydrogens (tertiary/aromatic N) is 2. The van der Waals surface area contributed by atoms with Crippen molar-refractivity contribution in [2.75, 3.05) is 25.2 Å². The summed E-state index contributed by atoms with van der Waals surface area (Å²) in [6.07, 6.45) is 0. The zero-order valence-corrected chi connectivity index (χ0v) is 22.7. The second-order valence-corrected chi connectivity index (χ2v) is 13.2. The Hall–Kier alpha value is -2.92. The fraction of sp³-hybridized carbons (Fsp3) is 0.158. The first-order valence-corrected chi connectivity index (χ1v) is 15.3. The van der Waals surface area contributed by atoms with Gasteiger partial charge in [-0.1, -0.05) is 5.04 Å². The number of phenols is 1. The zero-order chi connectivity index (χ0) is 29.2. The minimum absolute atomic E-state index is 0.0349. The molecule has 0 aromatic heterocycles. The van der Waals surface area contributed by atoms with Crippen molar-refractivity contribution in [2.24, 2.45) is 10.2 Å². The first kappa shape index (κ1) is 30.6. The summed E-state index contributed by atoms with van der Waals surface area (Å²) < 4.78 is 101. The Kier molecular flexibility index (Phi) is 9.16. The lowest BCUT2D eigenvalue weighted by molar-refractivity contribution is -0.432. The molecule has 0 radical (unpaired) electrons. The largest absolute Gasteiger partial charge is 0.507 e. The Balaban J connectivity index is 2.23. The number of hydrogen-bond donors (Lipinski definition) is 5. The van der Waals surface area contributed by atoms with E-state index in [-0.39, 0.29) is 22.3 Å². The van der Waals surface area contributed by atoms with Gasteiger partial charge >= 0.3 is 0 Å². The number of nitrogen functional groups attached to an aromatic ring is 1. The molecule has 0 aliphatic rings. The monoisotopic (exact) mass is 625 g/mol. The van der Waals surface area contributed by atoms with E-state index in [0.29, 0.717) is 18.1 Å². The summed E-state index contributed by atoms with van der Waals surface area (Å²) in [6.45, 7) is -0.195. The fourth-order valence-electron chi connectivity index (χ4n) is 3.28. The maximum Gasteiger partial charge on any atom is 0.296 e. The Morgan fingerprint density at radius 1 is 0.949 bits per heavy atom. The molecule has 3 rings (SSSR count). The van der Waals surface area contributed by atoms with E-state index in [0.717, 1.165) is 24.3 Å². The first-order valence-electron chi connectivity index (χ1n) is 10.1. The summed E-state index contributed by atoms with van der Waals surface area (Å²) >= 11 is 0.434. The Labute approximate surface area is 225 Å². The molecule has 0 fully saturated rings. The van der Waals surface area contributed by atoms with Gasteiger partial charge in [0, 0.05) is 17.4 Å². The second-order valence-electron chi connectivity index (χ2n) is 7.49. The van der Waals surface area contributed by atoms with E-state index in [1.54, 1.807) is 0 Å². The molecular formula is C19H19N3O13S4. The smallest absolute Gasteiger partial charge is 0.296 e. The third kappa shape index (κ3) is 7.00. The molecule has 20 heteroatoms. The van der Waals surface area contributed by atoms with Crippen LogP contribution in [0.25, 0.3) is 10.8 Å². The molecule has 0 bridgehead atoms. The molecule has 0 amide bonds. The van der Waals surface area contributed by atoms with Crippen LogP contribution in [0.1, 0.15) is 0 Å². The lowest BCUT2D eigenvalue weighted by atomic mass is 10.1. The highest BCUT2D eigenvalue weighted by atomic mass is 32.2. The molecule has 6 N–H and O–H groups in total. The summed E-state index contributed by atoms with van der Waals surface area (Å²) in [5, 5.41) is 29.3. The van der Waals surface area contributed by atoms with E-state index in [2.05, 4.69) is 19.6 Å². The topological polar surface area (TPSA) is 262 Å². The van der Waals surface area contributed by atoms with E-state index in [1.807, 2.05) is 0 Å². The quantitative estimate of drug-likeness (QED) is 0.0512. The Bertz CT molecular complexity index is 1770. The number of nitrogens with two attached hydrogens (primary N) is 1. The normalized spacial score (nSPS) is 12.9. The number of azo groups is 1. The Morgan fingerprint density at radius 3 is 2.21 bits per heavy atom. The summed E-state index contributed by atoms with van der Waals surface area (Å²) in [5.74, 6) is -1.01. The molecular weight excluding hydrogens is 606 g/mol. The van der Waals surface area contributed by atoms with Gasteiger partial charge in [0.15, 0.2) is 9.84 Å². The number of phenolic OH excluding ortho intramolecular Hbond substituents is 1. The number of benzene rings is 3. The predicted octanol–water partition coefficient (Wildman–Crippen LogP) is 2.88. The van der Waals surface area contributed by atoms with Crippen LogP contribution in [0.15, 0.2) is 66.2 Å². The van der Waals surface area contributed by atoms with Gasteiger partial charge in [-0.15, -0.1) is 14.6 Å². The summed E-state index contributed by atoms with van der Waals surface area (Å²) in [6, 6.07) is 5.73. The van der Waals surface area contributed by atoms with Gasteiger partial charge in [0.2, 0.25) is 0 Å². The number of aromatic hydroxyl groups is 1. The highest BCUT2D eigenvalue weighted by Crippen LogP contribution is 2.44. The van der Waals surface area contributed by atoms with Crippen molar-refractivity contribution >= 4 is 70.0 Å². The van der Waals surface area contributed by atoms with Crippen LogP contribution < -0.4 is 5.73 Å². The molecule has 212 valence electrons. The molecule has 0 aliphatic carbocycles. The van der Waals surface area contributed by atoms with Crippen LogP contribution in [0.2, 0.25) is 0 Å². The standard InChI is InChI=1S/C19H19N3O13S4/c1-33-4-5-37(25,26)12-2-3-13(15(9-12)38(27,28)29)21-22-19-16(39(30,31)32)7-10-6-11(36-35-34-24)8-14(23)17(10)18(19)20/h2-3,6-9,23-24H,4-5,20H2,1H3,(H,27,28,29)(H,30,31,32). The molecule has 0 heterocycles. The lowest BCUT2D eigenvalue weighted by Crippen LogP contribution is -2.12. The van der Waals surface area contributed by atoms with Crippen molar-refractivity contribution in [2.45, 2.75) is 19.6 Å². The molecule has 0 atom stereocenters. The van der Waals surface area contributed by atoms with E-state index in [9.17, 15) is 39.5 Å². The van der Waals surface area contributed by atoms with Crippen LogP contribution in [0.3, 0.4) is 0 Å². The van der Waals surface area contributed by atoms with Crippen LogP contribution in [0.5, 0.6) is 5.75 Å². The minimum atomic E-state index is -5.07. The maximum atomic E-state index is 12.4. The maximum absolute atomic E-state index is 12.4. The van der Waals surface area contributed by atoms with Crippen LogP contribution in [0, 0.1) is 0 Å². The third-order valence-corrected chi connectivity index (χ3v) is 8.97. The van der Waals surface area contributed by atoms with Crippen molar-refractivity contribution in [1.29, 1.82) is 0 Å². The first-order chi connectivity index (χ1) is 18.1. The SMILES string of the molecule is COCCS(=O)(=O)c1ccc(N=Nc2c(S(=O)(=O)O)cc3cc(SOOO)cc(O)c3c2N)c(S(=O)(=O)O)c1. The van der Waals surface area contributed by atoms with Crippen LogP contribution in [0.4, 0.5) is 17.1 Å². The minimum Gasteiger partial charge on any atom is -0.507 e. The average Bonchev–Trinajstić information content (AvgIpc) is 2.84. The molecule has 3 aromatic carbocycles. The van der Waals surface area contributed by atoms with Gasteiger partial charge in [0.1, 0.15) is 26.9 Å². The number of fused-ring (bicyclic) bond motifs is 1. The van der Waals surface area contributed by atoms with Crippen molar-refractivity contribution in [3.05, 3.63) is 36.4 Å². The van der Waals surface area contributed by atoms with E-state index >= 15 is 0 Å². The molecule has 0 aliphatic heterocycles. The van der Waals surface area contributed by atoms with Crippen LogP contribution >= 0.6 is 12.0 Å². The second kappa shape index (κ2) is 11.7. The highest BCUT2D eigenvalue weighted by molar-refractivity contribution is 7.94. The number of hydrogen-bond acceptors (Lipinski definition) is 15. The van der Waals surface area contributed by atoms with Gasteiger partial charge in [0.25, 0.3) is 20.2 Å². The zero-order valence-electron chi connectivity index (χ0n) is 19.4.